The molecule has 17 heavy (non-hydrogen) atoms. The average Bonchev–Trinajstić information content (AvgIpc) is 3.03. The maximum Gasteiger partial charge on any atom is 0.326 e. The molecule has 5 nitrogen and oxygen atoms in total. The van der Waals surface area contributed by atoms with Gasteiger partial charge >= 0.3 is 5.97 Å². The fraction of sp³-hybridized carbons (Fsp3) is 0.833. The number of carbonyl (C=O) groups excluding carboxylic acids is 1. The van der Waals surface area contributed by atoms with E-state index in [0.717, 1.165) is 12.8 Å². The van der Waals surface area contributed by atoms with E-state index in [1.165, 1.54) is 0 Å². The summed E-state index contributed by atoms with van der Waals surface area (Å²) in [5, 5.41) is 11.6. The zero-order valence-corrected chi connectivity index (χ0v) is 10.4. The summed E-state index contributed by atoms with van der Waals surface area (Å²) in [6.07, 6.45) is 2.91. The summed E-state index contributed by atoms with van der Waals surface area (Å²) in [5.41, 5.74) is 0. The van der Waals surface area contributed by atoms with Crippen molar-refractivity contribution in [3.8, 4) is 0 Å². The van der Waals surface area contributed by atoms with Gasteiger partial charge in [0.2, 0.25) is 5.91 Å². The lowest BCUT2D eigenvalue weighted by Crippen LogP contribution is -2.42. The van der Waals surface area contributed by atoms with Crippen molar-refractivity contribution in [2.24, 2.45) is 5.92 Å². The van der Waals surface area contributed by atoms with E-state index in [2.05, 4.69) is 5.32 Å². The van der Waals surface area contributed by atoms with Crippen molar-refractivity contribution in [1.29, 1.82) is 0 Å². The summed E-state index contributed by atoms with van der Waals surface area (Å²) in [5.74, 6) is -1.30. The summed E-state index contributed by atoms with van der Waals surface area (Å²) in [6, 6.07) is -0.759. The highest BCUT2D eigenvalue weighted by Gasteiger charge is 2.44. The molecule has 0 saturated heterocycles. The molecule has 3 atom stereocenters. The summed E-state index contributed by atoms with van der Waals surface area (Å²) in [4.78, 5) is 22.7. The molecule has 1 aliphatic rings. The van der Waals surface area contributed by atoms with E-state index >= 15 is 0 Å². The van der Waals surface area contributed by atoms with Crippen LogP contribution in [0, 0.1) is 5.92 Å². The Labute approximate surface area is 102 Å². The minimum absolute atomic E-state index is 0.0133. The molecule has 0 aromatic rings. The predicted molar refractivity (Wildman–Crippen MR) is 62.6 cm³/mol. The first-order valence-electron chi connectivity index (χ1n) is 6.24. The van der Waals surface area contributed by atoms with Gasteiger partial charge in [-0.1, -0.05) is 19.8 Å². The molecular weight excluding hydrogens is 222 g/mol. The van der Waals surface area contributed by atoms with Crippen LogP contribution in [-0.4, -0.2) is 35.7 Å². The normalized spacial score (nSPS) is 24.1. The number of ether oxygens (including phenoxy) is 1. The van der Waals surface area contributed by atoms with Crippen molar-refractivity contribution >= 4 is 11.9 Å². The van der Waals surface area contributed by atoms with Crippen molar-refractivity contribution in [1.82, 2.24) is 5.32 Å². The highest BCUT2D eigenvalue weighted by Crippen LogP contribution is 2.33. The SMILES string of the molecule is CCCC[C@H](NC(=O)C1CC1OCC)C(=O)O. The Morgan fingerprint density at radius 3 is 2.71 bits per heavy atom. The maximum absolute atomic E-state index is 11.7. The van der Waals surface area contributed by atoms with E-state index in [1.807, 2.05) is 13.8 Å². The molecular formula is C12H21NO4. The van der Waals surface area contributed by atoms with Gasteiger partial charge in [-0.3, -0.25) is 4.79 Å². The van der Waals surface area contributed by atoms with E-state index in [1.54, 1.807) is 0 Å². The lowest BCUT2D eigenvalue weighted by Gasteiger charge is -2.13. The van der Waals surface area contributed by atoms with Gasteiger partial charge in [-0.15, -0.1) is 0 Å². The van der Waals surface area contributed by atoms with Crippen molar-refractivity contribution in [2.75, 3.05) is 6.61 Å². The third-order valence-corrected chi connectivity index (χ3v) is 2.91. The van der Waals surface area contributed by atoms with Gasteiger partial charge in [0.1, 0.15) is 6.04 Å². The van der Waals surface area contributed by atoms with Crippen LogP contribution in [0.4, 0.5) is 0 Å². The predicted octanol–water partition coefficient (Wildman–Crippen LogP) is 1.17. The fourth-order valence-electron chi connectivity index (χ4n) is 1.79. The second kappa shape index (κ2) is 6.59. The summed E-state index contributed by atoms with van der Waals surface area (Å²) < 4.78 is 5.30. The van der Waals surface area contributed by atoms with Crippen LogP contribution < -0.4 is 5.32 Å². The van der Waals surface area contributed by atoms with Crippen LogP contribution in [0.5, 0.6) is 0 Å². The van der Waals surface area contributed by atoms with Gasteiger partial charge in [0.05, 0.1) is 12.0 Å². The van der Waals surface area contributed by atoms with Crippen LogP contribution in [0.2, 0.25) is 0 Å². The largest absolute Gasteiger partial charge is 0.480 e. The van der Waals surface area contributed by atoms with Crippen LogP contribution >= 0.6 is 0 Å². The molecule has 1 rings (SSSR count). The number of carboxylic acid groups (broad SMARTS) is 1. The second-order valence-electron chi connectivity index (χ2n) is 4.38. The molecule has 1 aliphatic carbocycles. The van der Waals surface area contributed by atoms with E-state index in [4.69, 9.17) is 9.84 Å². The Bertz CT molecular complexity index is 280. The van der Waals surface area contributed by atoms with E-state index in [9.17, 15) is 9.59 Å². The molecule has 0 aliphatic heterocycles. The summed E-state index contributed by atoms with van der Waals surface area (Å²) in [6.45, 7) is 4.47. The quantitative estimate of drug-likeness (QED) is 0.671. The molecule has 0 aromatic carbocycles. The molecule has 0 spiro atoms. The van der Waals surface area contributed by atoms with Crippen molar-refractivity contribution in [2.45, 2.75) is 51.7 Å². The highest BCUT2D eigenvalue weighted by atomic mass is 16.5. The third-order valence-electron chi connectivity index (χ3n) is 2.91. The van der Waals surface area contributed by atoms with Gasteiger partial charge in [0.25, 0.3) is 0 Å². The second-order valence-corrected chi connectivity index (χ2v) is 4.38. The number of carboxylic acids is 1. The van der Waals surface area contributed by atoms with Gasteiger partial charge < -0.3 is 15.2 Å². The molecule has 5 heteroatoms. The standard InChI is InChI=1S/C12H21NO4/c1-3-5-6-9(12(15)16)13-11(14)8-7-10(8)17-4-2/h8-10H,3-7H2,1-2H3,(H,13,14)(H,15,16)/t8?,9-,10?/m0/s1. The molecule has 1 fully saturated rings. The molecule has 2 N–H and O–H groups in total. The monoisotopic (exact) mass is 243 g/mol. The average molecular weight is 243 g/mol. The van der Waals surface area contributed by atoms with Crippen LogP contribution in [0.1, 0.15) is 39.5 Å². The Balaban J connectivity index is 2.35. The van der Waals surface area contributed by atoms with Crippen LogP contribution in [0.15, 0.2) is 0 Å². The zero-order valence-electron chi connectivity index (χ0n) is 10.4. The zero-order chi connectivity index (χ0) is 12.8. The topological polar surface area (TPSA) is 75.6 Å². The summed E-state index contributed by atoms with van der Waals surface area (Å²) >= 11 is 0. The molecule has 1 saturated carbocycles. The van der Waals surface area contributed by atoms with E-state index in [0.29, 0.717) is 19.4 Å². The smallest absolute Gasteiger partial charge is 0.326 e. The Morgan fingerprint density at radius 2 is 2.18 bits per heavy atom. The molecule has 0 bridgehead atoms. The molecule has 2 unspecified atom stereocenters. The lowest BCUT2D eigenvalue weighted by molar-refractivity contribution is -0.142. The number of amides is 1. The van der Waals surface area contributed by atoms with Crippen molar-refractivity contribution in [3.05, 3.63) is 0 Å². The molecule has 1 amide bonds. The molecule has 0 aromatic heterocycles. The Kier molecular flexibility index (Phi) is 5.41. The molecule has 0 heterocycles. The number of hydrogen-bond donors (Lipinski definition) is 2. The first-order valence-corrected chi connectivity index (χ1v) is 6.24. The number of rotatable bonds is 8. The number of hydrogen-bond acceptors (Lipinski definition) is 3. The van der Waals surface area contributed by atoms with Gasteiger partial charge in [-0.2, -0.15) is 0 Å². The van der Waals surface area contributed by atoms with Gasteiger partial charge in [0, 0.05) is 6.61 Å². The first-order chi connectivity index (χ1) is 8.10. The highest BCUT2D eigenvalue weighted by molar-refractivity contribution is 5.87. The number of nitrogens with one attached hydrogen (secondary N) is 1. The Morgan fingerprint density at radius 1 is 1.47 bits per heavy atom. The van der Waals surface area contributed by atoms with E-state index < -0.39 is 12.0 Å². The van der Waals surface area contributed by atoms with Gasteiger partial charge in [-0.05, 0) is 19.8 Å². The number of aliphatic carboxylic acids is 1. The maximum atomic E-state index is 11.7. The first kappa shape index (κ1) is 14.0. The lowest BCUT2D eigenvalue weighted by atomic mass is 10.1. The molecule has 98 valence electrons. The number of carbonyl (C=O) groups is 2. The van der Waals surface area contributed by atoms with Gasteiger partial charge in [-0.25, -0.2) is 4.79 Å². The van der Waals surface area contributed by atoms with Crippen LogP contribution in [-0.2, 0) is 14.3 Å². The fourth-order valence-corrected chi connectivity index (χ4v) is 1.79. The van der Waals surface area contributed by atoms with Crippen molar-refractivity contribution in [3.63, 3.8) is 0 Å². The molecule has 0 radical (unpaired) electrons. The van der Waals surface area contributed by atoms with Gasteiger partial charge in [0.15, 0.2) is 0 Å². The Hall–Kier alpha value is -1.10. The summed E-state index contributed by atoms with van der Waals surface area (Å²) in [7, 11) is 0. The minimum atomic E-state index is -0.958. The number of unbranched alkanes of at least 4 members (excludes halogenated alkanes) is 1. The van der Waals surface area contributed by atoms with Crippen LogP contribution in [0.25, 0.3) is 0 Å². The minimum Gasteiger partial charge on any atom is -0.480 e. The van der Waals surface area contributed by atoms with E-state index in [-0.39, 0.29) is 17.9 Å². The van der Waals surface area contributed by atoms with Crippen LogP contribution in [0.3, 0.4) is 0 Å². The third kappa shape index (κ3) is 4.34. The van der Waals surface area contributed by atoms with Crippen molar-refractivity contribution < 1.29 is 19.4 Å².